The third-order valence-corrected chi connectivity index (χ3v) is 4.02. The van der Waals surface area contributed by atoms with Crippen LogP contribution in [0.1, 0.15) is 31.4 Å². The highest BCUT2D eigenvalue weighted by Gasteiger charge is 2.31. The number of aliphatic carboxylic acids is 1. The number of carbonyl (C=O) groups is 1. The summed E-state index contributed by atoms with van der Waals surface area (Å²) in [6.07, 6.45) is -3.50. The second-order valence-electron chi connectivity index (χ2n) is 5.44. The standard InChI is InChI=1S/C15H18F3NO3.ClH/c1-10(19-8-6-12(7-9-19)14(20)21)11-2-4-13(5-3-11)22-15(16,17)18;/h2-5,10,12H,6-9H2,1H3,(H,20,21);1H. The van der Waals surface area contributed by atoms with E-state index < -0.39 is 12.3 Å². The number of ether oxygens (including phenoxy) is 1. The van der Waals surface area contributed by atoms with E-state index in [1.54, 1.807) is 12.1 Å². The molecule has 1 aliphatic rings. The Hall–Kier alpha value is -1.47. The van der Waals surface area contributed by atoms with Gasteiger partial charge in [0.05, 0.1) is 5.92 Å². The van der Waals surface area contributed by atoms with Crippen LogP contribution >= 0.6 is 12.4 Å². The van der Waals surface area contributed by atoms with Crippen molar-refractivity contribution in [3.63, 3.8) is 0 Å². The highest BCUT2D eigenvalue weighted by molar-refractivity contribution is 5.85. The van der Waals surface area contributed by atoms with Gasteiger partial charge in [0, 0.05) is 6.04 Å². The lowest BCUT2D eigenvalue weighted by molar-refractivity contribution is -0.274. The lowest BCUT2D eigenvalue weighted by Crippen LogP contribution is -2.37. The number of hydrogen-bond donors (Lipinski definition) is 1. The van der Waals surface area contributed by atoms with Crippen molar-refractivity contribution in [3.05, 3.63) is 29.8 Å². The average molecular weight is 354 g/mol. The molecule has 1 unspecified atom stereocenters. The minimum absolute atomic E-state index is 0. The molecule has 1 atom stereocenters. The molecule has 130 valence electrons. The minimum atomic E-state index is -4.69. The van der Waals surface area contributed by atoms with Gasteiger partial charge in [-0.15, -0.1) is 25.6 Å². The van der Waals surface area contributed by atoms with E-state index in [4.69, 9.17) is 5.11 Å². The number of carboxylic acid groups (broad SMARTS) is 1. The molecular formula is C15H19ClF3NO3. The summed E-state index contributed by atoms with van der Waals surface area (Å²) < 4.78 is 40.2. The summed E-state index contributed by atoms with van der Waals surface area (Å²) in [5.41, 5.74) is 0.878. The molecule has 1 saturated heterocycles. The van der Waals surface area contributed by atoms with Gasteiger partial charge in [-0.25, -0.2) is 0 Å². The summed E-state index contributed by atoms with van der Waals surface area (Å²) in [7, 11) is 0. The van der Waals surface area contributed by atoms with E-state index in [1.807, 2.05) is 6.92 Å². The third-order valence-electron chi connectivity index (χ3n) is 4.02. The van der Waals surface area contributed by atoms with Crippen LogP contribution in [-0.2, 0) is 4.79 Å². The molecule has 0 bridgehead atoms. The number of nitrogens with zero attached hydrogens (tertiary/aromatic N) is 1. The Morgan fingerprint density at radius 2 is 1.78 bits per heavy atom. The van der Waals surface area contributed by atoms with Crippen molar-refractivity contribution in [1.29, 1.82) is 0 Å². The van der Waals surface area contributed by atoms with Crippen molar-refractivity contribution in [2.24, 2.45) is 5.92 Å². The van der Waals surface area contributed by atoms with Crippen LogP contribution < -0.4 is 4.74 Å². The predicted octanol–water partition coefficient (Wildman–Crippen LogP) is 3.86. The maximum absolute atomic E-state index is 12.1. The molecule has 1 fully saturated rings. The molecule has 0 aliphatic carbocycles. The van der Waals surface area contributed by atoms with Gasteiger partial charge in [0.1, 0.15) is 5.75 Å². The fraction of sp³-hybridized carbons (Fsp3) is 0.533. The topological polar surface area (TPSA) is 49.8 Å². The van der Waals surface area contributed by atoms with Gasteiger partial charge in [0.2, 0.25) is 0 Å². The van der Waals surface area contributed by atoms with Crippen molar-refractivity contribution in [1.82, 2.24) is 4.90 Å². The second-order valence-corrected chi connectivity index (χ2v) is 5.44. The van der Waals surface area contributed by atoms with Gasteiger partial charge in [0.15, 0.2) is 0 Å². The van der Waals surface area contributed by atoms with E-state index >= 15 is 0 Å². The molecule has 0 spiro atoms. The van der Waals surface area contributed by atoms with Crippen LogP contribution in [0.25, 0.3) is 0 Å². The largest absolute Gasteiger partial charge is 0.573 e. The summed E-state index contributed by atoms with van der Waals surface area (Å²) in [6.45, 7) is 3.29. The van der Waals surface area contributed by atoms with Crippen LogP contribution in [-0.4, -0.2) is 35.4 Å². The highest BCUT2D eigenvalue weighted by atomic mass is 35.5. The Balaban J connectivity index is 0.00000264. The van der Waals surface area contributed by atoms with Crippen molar-refractivity contribution in [2.75, 3.05) is 13.1 Å². The quantitative estimate of drug-likeness (QED) is 0.893. The first kappa shape index (κ1) is 19.6. The highest BCUT2D eigenvalue weighted by Crippen LogP contribution is 2.29. The summed E-state index contributed by atoms with van der Waals surface area (Å²) in [4.78, 5) is 13.1. The molecule has 1 aromatic rings. The first-order chi connectivity index (χ1) is 10.3. The van der Waals surface area contributed by atoms with Gasteiger partial charge in [0.25, 0.3) is 0 Å². The number of halogens is 4. The van der Waals surface area contributed by atoms with Gasteiger partial charge in [-0.1, -0.05) is 12.1 Å². The monoisotopic (exact) mass is 353 g/mol. The summed E-state index contributed by atoms with van der Waals surface area (Å²) in [5, 5.41) is 8.98. The molecule has 0 radical (unpaired) electrons. The van der Waals surface area contributed by atoms with Crippen LogP contribution in [0.3, 0.4) is 0 Å². The molecule has 1 N–H and O–H groups in total. The number of alkyl halides is 3. The number of carboxylic acids is 1. The number of rotatable bonds is 4. The Bertz CT molecular complexity index is 514. The average Bonchev–Trinajstić information content (AvgIpc) is 2.46. The van der Waals surface area contributed by atoms with Gasteiger partial charge >= 0.3 is 12.3 Å². The van der Waals surface area contributed by atoms with Crippen LogP contribution in [0.2, 0.25) is 0 Å². The Morgan fingerprint density at radius 3 is 2.22 bits per heavy atom. The fourth-order valence-electron chi connectivity index (χ4n) is 2.69. The molecule has 0 amide bonds. The molecule has 2 rings (SSSR count). The lowest BCUT2D eigenvalue weighted by atomic mass is 9.95. The first-order valence-corrected chi connectivity index (χ1v) is 7.09. The van der Waals surface area contributed by atoms with Crippen molar-refractivity contribution < 1.29 is 27.8 Å². The molecular weight excluding hydrogens is 335 g/mol. The normalized spacial score (nSPS) is 18.1. The zero-order chi connectivity index (χ0) is 16.3. The number of piperidine rings is 1. The van der Waals surface area contributed by atoms with E-state index in [2.05, 4.69) is 9.64 Å². The van der Waals surface area contributed by atoms with Crippen LogP contribution in [0, 0.1) is 5.92 Å². The molecule has 4 nitrogen and oxygen atoms in total. The third kappa shape index (κ3) is 5.58. The molecule has 8 heteroatoms. The van der Waals surface area contributed by atoms with Gasteiger partial charge < -0.3 is 9.84 Å². The maximum Gasteiger partial charge on any atom is 0.573 e. The van der Waals surface area contributed by atoms with Crippen LogP contribution in [0.4, 0.5) is 13.2 Å². The zero-order valence-corrected chi connectivity index (χ0v) is 13.4. The lowest BCUT2D eigenvalue weighted by Gasteiger charge is -2.35. The minimum Gasteiger partial charge on any atom is -0.481 e. The van der Waals surface area contributed by atoms with Gasteiger partial charge in [-0.3, -0.25) is 9.69 Å². The van der Waals surface area contributed by atoms with E-state index in [9.17, 15) is 18.0 Å². The van der Waals surface area contributed by atoms with Crippen molar-refractivity contribution in [3.8, 4) is 5.75 Å². The van der Waals surface area contributed by atoms with E-state index in [-0.39, 0.29) is 30.1 Å². The molecule has 0 aromatic heterocycles. The Labute approximate surface area is 138 Å². The van der Waals surface area contributed by atoms with E-state index in [1.165, 1.54) is 12.1 Å². The summed E-state index contributed by atoms with van der Waals surface area (Å²) in [5.74, 6) is -1.31. The van der Waals surface area contributed by atoms with Crippen molar-refractivity contribution >= 4 is 18.4 Å². The smallest absolute Gasteiger partial charge is 0.481 e. The fourth-order valence-corrected chi connectivity index (χ4v) is 2.69. The molecule has 1 heterocycles. The van der Waals surface area contributed by atoms with Crippen LogP contribution in [0.15, 0.2) is 24.3 Å². The van der Waals surface area contributed by atoms with Crippen molar-refractivity contribution in [2.45, 2.75) is 32.2 Å². The molecule has 1 aromatic carbocycles. The first-order valence-electron chi connectivity index (χ1n) is 7.09. The summed E-state index contributed by atoms with van der Waals surface area (Å²) >= 11 is 0. The summed E-state index contributed by atoms with van der Waals surface area (Å²) in [6, 6.07) is 5.83. The SMILES string of the molecule is CC(c1ccc(OC(F)(F)F)cc1)N1CCC(C(=O)O)CC1.Cl. The number of likely N-dealkylation sites (tertiary alicyclic amines) is 1. The molecule has 0 saturated carbocycles. The second kappa shape index (κ2) is 7.88. The number of hydrogen-bond acceptors (Lipinski definition) is 3. The Kier molecular flexibility index (Phi) is 6.70. The van der Waals surface area contributed by atoms with Gasteiger partial charge in [-0.2, -0.15) is 0 Å². The zero-order valence-electron chi connectivity index (χ0n) is 12.5. The van der Waals surface area contributed by atoms with Gasteiger partial charge in [-0.05, 0) is 50.6 Å². The predicted molar refractivity (Wildman–Crippen MR) is 80.7 cm³/mol. The number of benzene rings is 1. The Morgan fingerprint density at radius 1 is 1.26 bits per heavy atom. The molecule has 23 heavy (non-hydrogen) atoms. The van der Waals surface area contributed by atoms with E-state index in [0.717, 1.165) is 5.56 Å². The van der Waals surface area contributed by atoms with E-state index in [0.29, 0.717) is 25.9 Å². The molecule has 1 aliphatic heterocycles. The van der Waals surface area contributed by atoms with Crippen LogP contribution in [0.5, 0.6) is 5.75 Å². The maximum atomic E-state index is 12.1.